The van der Waals surface area contributed by atoms with Crippen LogP contribution in [0.1, 0.15) is 13.3 Å². The topological polar surface area (TPSA) is 105 Å². The van der Waals surface area contributed by atoms with E-state index in [-0.39, 0.29) is 18.3 Å². The molecule has 2 rings (SSSR count). The molecule has 2 aromatic rings. The monoisotopic (exact) mass is 251 g/mol. The minimum Gasteiger partial charge on any atom is -0.466 e. The lowest BCUT2D eigenvalue weighted by Crippen LogP contribution is -2.20. The van der Waals surface area contributed by atoms with Crippen LogP contribution in [0.25, 0.3) is 5.78 Å². The van der Waals surface area contributed by atoms with Crippen molar-refractivity contribution in [2.75, 3.05) is 12.3 Å². The first-order chi connectivity index (χ1) is 8.61. The molecule has 8 nitrogen and oxygen atoms in total. The Hall–Kier alpha value is -2.38. The van der Waals surface area contributed by atoms with Crippen LogP contribution in [0, 0.1) is 0 Å². The van der Waals surface area contributed by atoms with Crippen LogP contribution < -0.4 is 11.4 Å². The van der Waals surface area contributed by atoms with Gasteiger partial charge in [-0.3, -0.25) is 4.79 Å². The van der Waals surface area contributed by atoms with E-state index in [1.54, 1.807) is 17.7 Å². The van der Waals surface area contributed by atoms with E-state index in [9.17, 15) is 9.59 Å². The number of esters is 1. The Bertz CT molecular complexity index is 630. The minimum atomic E-state index is -0.493. The van der Waals surface area contributed by atoms with Gasteiger partial charge in [-0.1, -0.05) is 0 Å². The molecule has 0 aliphatic carbocycles. The van der Waals surface area contributed by atoms with Crippen LogP contribution >= 0.6 is 0 Å². The molecule has 18 heavy (non-hydrogen) atoms. The van der Waals surface area contributed by atoms with Crippen LogP contribution in [-0.4, -0.2) is 31.5 Å². The van der Waals surface area contributed by atoms with Gasteiger partial charge in [-0.2, -0.15) is 9.97 Å². The SMILES string of the molecule is CCOC(=O)CCn1ccn2c(=O)nc(N)nc12. The number of hydrogen-bond acceptors (Lipinski definition) is 6. The van der Waals surface area contributed by atoms with Crippen molar-refractivity contribution >= 4 is 17.7 Å². The van der Waals surface area contributed by atoms with E-state index in [2.05, 4.69) is 9.97 Å². The third-order valence-electron chi connectivity index (χ3n) is 2.36. The highest BCUT2D eigenvalue weighted by Gasteiger charge is 2.08. The summed E-state index contributed by atoms with van der Waals surface area (Å²) < 4.78 is 7.74. The van der Waals surface area contributed by atoms with Crippen molar-refractivity contribution in [2.45, 2.75) is 19.9 Å². The number of carbonyl (C=O) groups is 1. The Morgan fingerprint density at radius 1 is 1.44 bits per heavy atom. The number of ether oxygens (including phenoxy) is 1. The Morgan fingerprint density at radius 2 is 2.22 bits per heavy atom. The van der Waals surface area contributed by atoms with Gasteiger partial charge in [-0.15, -0.1) is 0 Å². The molecular weight excluding hydrogens is 238 g/mol. The van der Waals surface area contributed by atoms with Gasteiger partial charge in [0.2, 0.25) is 11.7 Å². The maximum absolute atomic E-state index is 11.5. The number of carbonyl (C=O) groups excluding carboxylic acids is 1. The lowest BCUT2D eigenvalue weighted by Gasteiger charge is -2.04. The van der Waals surface area contributed by atoms with Gasteiger partial charge in [0.25, 0.3) is 0 Å². The van der Waals surface area contributed by atoms with Gasteiger partial charge < -0.3 is 15.0 Å². The molecule has 0 aliphatic heterocycles. The van der Waals surface area contributed by atoms with Gasteiger partial charge in [-0.05, 0) is 6.92 Å². The van der Waals surface area contributed by atoms with E-state index in [1.165, 1.54) is 10.6 Å². The van der Waals surface area contributed by atoms with Crippen LogP contribution in [0.2, 0.25) is 0 Å². The molecule has 0 radical (unpaired) electrons. The van der Waals surface area contributed by atoms with E-state index in [0.717, 1.165) is 0 Å². The first-order valence-electron chi connectivity index (χ1n) is 5.48. The number of hydrogen-bond donors (Lipinski definition) is 1. The van der Waals surface area contributed by atoms with Crippen LogP contribution in [0.5, 0.6) is 0 Å². The highest BCUT2D eigenvalue weighted by Crippen LogP contribution is 2.02. The van der Waals surface area contributed by atoms with Gasteiger partial charge >= 0.3 is 11.7 Å². The average molecular weight is 251 g/mol. The van der Waals surface area contributed by atoms with Crippen molar-refractivity contribution in [3.8, 4) is 0 Å². The molecule has 0 spiro atoms. The summed E-state index contributed by atoms with van der Waals surface area (Å²) in [7, 11) is 0. The number of rotatable bonds is 4. The normalized spacial score (nSPS) is 10.7. The molecule has 2 heterocycles. The average Bonchev–Trinajstić information content (AvgIpc) is 2.70. The summed E-state index contributed by atoms with van der Waals surface area (Å²) >= 11 is 0. The van der Waals surface area contributed by atoms with Gasteiger partial charge in [0.15, 0.2) is 0 Å². The number of fused-ring (bicyclic) bond motifs is 1. The molecule has 0 saturated carbocycles. The summed E-state index contributed by atoms with van der Waals surface area (Å²) in [6, 6.07) is 0. The first kappa shape index (κ1) is 12.1. The lowest BCUT2D eigenvalue weighted by atomic mass is 10.4. The maximum Gasteiger partial charge on any atom is 0.357 e. The van der Waals surface area contributed by atoms with Crippen molar-refractivity contribution in [3.05, 3.63) is 22.9 Å². The van der Waals surface area contributed by atoms with Gasteiger partial charge in [0.1, 0.15) is 0 Å². The van der Waals surface area contributed by atoms with Crippen molar-refractivity contribution in [1.82, 2.24) is 18.9 Å². The molecule has 0 aliphatic rings. The number of anilines is 1. The number of imidazole rings is 1. The predicted molar refractivity (Wildman–Crippen MR) is 62.9 cm³/mol. The Labute approximate surface area is 102 Å². The van der Waals surface area contributed by atoms with E-state index in [4.69, 9.17) is 10.5 Å². The second-order valence-corrected chi connectivity index (χ2v) is 3.58. The first-order valence-corrected chi connectivity index (χ1v) is 5.48. The Kier molecular flexibility index (Phi) is 3.26. The van der Waals surface area contributed by atoms with Gasteiger partial charge in [-0.25, -0.2) is 9.20 Å². The molecular formula is C10H13N5O3. The molecule has 0 bridgehead atoms. The summed E-state index contributed by atoms with van der Waals surface area (Å²) in [5.41, 5.74) is 4.92. The minimum absolute atomic E-state index is 0.0870. The van der Waals surface area contributed by atoms with Crippen molar-refractivity contribution in [3.63, 3.8) is 0 Å². The predicted octanol–water partition coefficient (Wildman–Crippen LogP) is -0.574. The van der Waals surface area contributed by atoms with Crippen LogP contribution in [0.15, 0.2) is 17.2 Å². The fraction of sp³-hybridized carbons (Fsp3) is 0.400. The second-order valence-electron chi connectivity index (χ2n) is 3.58. The maximum atomic E-state index is 11.5. The van der Waals surface area contributed by atoms with Crippen LogP contribution in [-0.2, 0) is 16.1 Å². The fourth-order valence-corrected chi connectivity index (χ4v) is 1.59. The molecule has 0 atom stereocenters. The second kappa shape index (κ2) is 4.86. The third-order valence-corrected chi connectivity index (χ3v) is 2.36. The van der Waals surface area contributed by atoms with Crippen LogP contribution in [0.4, 0.5) is 5.95 Å². The molecule has 2 aromatic heterocycles. The molecule has 96 valence electrons. The summed E-state index contributed by atoms with van der Waals surface area (Å²) in [5.74, 6) is -0.0263. The van der Waals surface area contributed by atoms with E-state index in [1.807, 2.05) is 0 Å². The van der Waals surface area contributed by atoms with Gasteiger partial charge in [0, 0.05) is 18.9 Å². The fourth-order valence-electron chi connectivity index (χ4n) is 1.59. The lowest BCUT2D eigenvalue weighted by molar-refractivity contribution is -0.143. The number of nitrogen functional groups attached to an aromatic ring is 1. The van der Waals surface area contributed by atoms with Crippen LogP contribution in [0.3, 0.4) is 0 Å². The van der Waals surface area contributed by atoms with Crippen molar-refractivity contribution < 1.29 is 9.53 Å². The van der Waals surface area contributed by atoms with Gasteiger partial charge in [0.05, 0.1) is 13.0 Å². The summed E-state index contributed by atoms with van der Waals surface area (Å²) in [6.45, 7) is 2.46. The van der Waals surface area contributed by atoms with Crippen molar-refractivity contribution in [2.24, 2.45) is 0 Å². The molecule has 8 heteroatoms. The summed E-state index contributed by atoms with van der Waals surface area (Å²) in [5, 5.41) is 0. The molecule has 2 N–H and O–H groups in total. The van der Waals surface area contributed by atoms with E-state index >= 15 is 0 Å². The molecule has 0 saturated heterocycles. The van der Waals surface area contributed by atoms with E-state index < -0.39 is 5.69 Å². The smallest absolute Gasteiger partial charge is 0.357 e. The summed E-state index contributed by atoms with van der Waals surface area (Å²) in [6.07, 6.45) is 3.38. The quantitative estimate of drug-likeness (QED) is 0.729. The zero-order valence-electron chi connectivity index (χ0n) is 9.87. The number of nitrogens with two attached hydrogens (primary N) is 1. The summed E-state index contributed by atoms with van der Waals surface area (Å²) in [4.78, 5) is 30.2. The number of aromatic nitrogens is 4. The van der Waals surface area contributed by atoms with E-state index in [0.29, 0.717) is 18.9 Å². The highest BCUT2D eigenvalue weighted by molar-refractivity contribution is 5.69. The Morgan fingerprint density at radius 3 is 2.94 bits per heavy atom. The number of nitrogens with zero attached hydrogens (tertiary/aromatic N) is 4. The largest absolute Gasteiger partial charge is 0.466 e. The van der Waals surface area contributed by atoms with Crippen molar-refractivity contribution in [1.29, 1.82) is 0 Å². The Balaban J connectivity index is 2.24. The highest BCUT2D eigenvalue weighted by atomic mass is 16.5. The molecule has 0 unspecified atom stereocenters. The standard InChI is InChI=1S/C10H13N5O3/c1-2-18-7(16)3-4-14-5-6-15-9(14)12-8(11)13-10(15)17/h5-6H,2-4H2,1H3,(H2,11,13,17). The molecule has 0 amide bonds. The third kappa shape index (κ3) is 2.31. The zero-order valence-corrected chi connectivity index (χ0v) is 9.87. The molecule has 0 fully saturated rings. The molecule has 0 aromatic carbocycles. The zero-order chi connectivity index (χ0) is 13.1. The number of aryl methyl sites for hydroxylation is 1.